The Kier molecular flexibility index (Phi) is 5.29. The zero-order valence-electron chi connectivity index (χ0n) is 17.8. The summed E-state index contributed by atoms with van der Waals surface area (Å²) in [7, 11) is 0. The van der Waals surface area contributed by atoms with Gasteiger partial charge in [0.05, 0.1) is 29.9 Å². The van der Waals surface area contributed by atoms with Gasteiger partial charge >= 0.3 is 11.9 Å². The molecule has 0 saturated carbocycles. The highest BCUT2D eigenvalue weighted by molar-refractivity contribution is 6.30. The predicted molar refractivity (Wildman–Crippen MR) is 118 cm³/mol. The van der Waals surface area contributed by atoms with Gasteiger partial charge in [-0.05, 0) is 42.8 Å². The molecule has 1 N–H and O–H groups in total. The van der Waals surface area contributed by atoms with Gasteiger partial charge in [-0.2, -0.15) is 13.2 Å². The second-order valence-electron chi connectivity index (χ2n) is 8.20. The number of imidazole rings is 1. The summed E-state index contributed by atoms with van der Waals surface area (Å²) in [4.78, 5) is 30.3. The van der Waals surface area contributed by atoms with Gasteiger partial charge in [0.25, 0.3) is 5.91 Å². The number of ether oxygens (including phenoxy) is 1. The van der Waals surface area contributed by atoms with E-state index in [-0.39, 0.29) is 30.4 Å². The molecule has 2 aliphatic rings. The molecule has 5 rings (SSSR count). The van der Waals surface area contributed by atoms with Gasteiger partial charge < -0.3 is 14.7 Å². The molecule has 35 heavy (non-hydrogen) atoms. The Bertz CT molecular complexity index is 1440. The molecule has 12 heteroatoms. The first-order valence-corrected chi connectivity index (χ1v) is 10.8. The van der Waals surface area contributed by atoms with Crippen LogP contribution in [-0.4, -0.2) is 38.2 Å². The second kappa shape index (κ2) is 8.09. The third kappa shape index (κ3) is 3.70. The van der Waals surface area contributed by atoms with Crippen molar-refractivity contribution >= 4 is 23.2 Å². The molecular weight excluding hydrogens is 489 g/mol. The second-order valence-corrected chi connectivity index (χ2v) is 8.64. The number of hydrogen-bond acceptors (Lipinski definition) is 4. The maximum atomic E-state index is 13.4. The van der Waals surface area contributed by atoms with Crippen molar-refractivity contribution in [2.75, 3.05) is 13.2 Å². The van der Waals surface area contributed by atoms with Crippen molar-refractivity contribution in [1.29, 1.82) is 0 Å². The molecule has 0 radical (unpaired) electrons. The maximum absolute atomic E-state index is 13.4. The molecule has 0 aliphatic carbocycles. The molecule has 1 amide bonds. The van der Waals surface area contributed by atoms with Crippen LogP contribution in [0.5, 0.6) is 11.6 Å². The third-order valence-corrected chi connectivity index (χ3v) is 6.47. The minimum Gasteiger partial charge on any atom is -0.493 e. The normalized spacial score (nSPS) is 18.4. The van der Waals surface area contributed by atoms with Crippen LogP contribution in [0.3, 0.4) is 0 Å². The first-order valence-electron chi connectivity index (χ1n) is 10.4. The number of rotatable bonds is 4. The molecule has 2 aliphatic heterocycles. The lowest BCUT2D eigenvalue weighted by Gasteiger charge is -2.27. The monoisotopic (exact) mass is 504 g/mol. The Labute approximate surface area is 201 Å². The van der Waals surface area contributed by atoms with Crippen LogP contribution < -0.4 is 10.4 Å². The SMILES string of the molecule is [C-]#[N+]c1ccc(-n2c(O)c3n(c2=O)C2CC3N(C(=O)COc3ccc(Cl)cc3)C2)cc1C(F)(F)F. The van der Waals surface area contributed by atoms with E-state index >= 15 is 0 Å². The number of benzene rings is 2. The van der Waals surface area contributed by atoms with Gasteiger partial charge in [-0.15, -0.1) is 0 Å². The standard InChI is InChI=1S/C23H16ClF3N4O4/c1-28-17-7-4-13(8-16(17)23(25,26)27)31-21(33)20-18-9-14(30(20)22(31)34)10-29(18)19(32)11-35-15-5-2-12(24)3-6-15/h2-8,14,18,33H,9-11H2. The molecule has 1 fully saturated rings. The molecule has 1 aromatic heterocycles. The van der Waals surface area contributed by atoms with Crippen molar-refractivity contribution in [3.8, 4) is 17.3 Å². The number of aromatic hydroxyl groups is 1. The first kappa shape index (κ1) is 22.9. The summed E-state index contributed by atoms with van der Waals surface area (Å²) in [5.74, 6) is -0.456. The van der Waals surface area contributed by atoms with Gasteiger partial charge in [0.2, 0.25) is 5.88 Å². The first-order chi connectivity index (χ1) is 16.6. The van der Waals surface area contributed by atoms with Crippen LogP contribution in [0.25, 0.3) is 10.5 Å². The summed E-state index contributed by atoms with van der Waals surface area (Å²) in [6, 6.07) is 8.20. The highest BCUT2D eigenvalue weighted by atomic mass is 35.5. The van der Waals surface area contributed by atoms with E-state index in [1.54, 1.807) is 24.3 Å². The molecule has 8 nitrogen and oxygen atoms in total. The lowest BCUT2D eigenvalue weighted by atomic mass is 10.1. The molecule has 2 aromatic carbocycles. The number of fused-ring (bicyclic) bond motifs is 5. The fourth-order valence-electron chi connectivity index (χ4n) is 4.70. The van der Waals surface area contributed by atoms with Gasteiger partial charge in [0.15, 0.2) is 12.3 Å². The van der Waals surface area contributed by atoms with Crippen molar-refractivity contribution in [2.24, 2.45) is 0 Å². The van der Waals surface area contributed by atoms with Crippen molar-refractivity contribution in [3.63, 3.8) is 0 Å². The average molecular weight is 505 g/mol. The lowest BCUT2D eigenvalue weighted by Crippen LogP contribution is -2.40. The molecule has 0 spiro atoms. The highest BCUT2D eigenvalue weighted by Gasteiger charge is 2.49. The molecule has 2 unspecified atom stereocenters. The van der Waals surface area contributed by atoms with Crippen LogP contribution in [0.1, 0.15) is 29.8 Å². The molecule has 3 aromatic rings. The van der Waals surface area contributed by atoms with Crippen molar-refractivity contribution in [1.82, 2.24) is 14.0 Å². The Morgan fingerprint density at radius 1 is 1.23 bits per heavy atom. The molecule has 2 bridgehead atoms. The predicted octanol–water partition coefficient (Wildman–Crippen LogP) is 4.47. The van der Waals surface area contributed by atoms with Crippen LogP contribution >= 0.6 is 11.6 Å². The molecule has 180 valence electrons. The van der Waals surface area contributed by atoms with E-state index in [9.17, 15) is 27.9 Å². The number of carbonyl (C=O) groups excluding carboxylic acids is 1. The average Bonchev–Trinajstić information content (AvgIpc) is 3.49. The van der Waals surface area contributed by atoms with Gasteiger partial charge in [0, 0.05) is 11.6 Å². The number of amides is 1. The summed E-state index contributed by atoms with van der Waals surface area (Å²) in [6.07, 6.45) is -4.42. The Morgan fingerprint density at radius 3 is 2.60 bits per heavy atom. The lowest BCUT2D eigenvalue weighted by molar-refractivity contribution is -0.137. The van der Waals surface area contributed by atoms with Crippen molar-refractivity contribution in [2.45, 2.75) is 24.7 Å². The van der Waals surface area contributed by atoms with Gasteiger partial charge in [-0.3, -0.25) is 9.36 Å². The van der Waals surface area contributed by atoms with E-state index in [2.05, 4.69) is 4.85 Å². The number of carbonyl (C=O) groups is 1. The van der Waals surface area contributed by atoms with Crippen molar-refractivity contribution < 1.29 is 27.8 Å². The summed E-state index contributed by atoms with van der Waals surface area (Å²) < 4.78 is 47.9. The summed E-state index contributed by atoms with van der Waals surface area (Å²) in [5, 5.41) is 11.4. The van der Waals surface area contributed by atoms with E-state index in [0.717, 1.165) is 10.6 Å². The minimum absolute atomic E-state index is 0.161. The van der Waals surface area contributed by atoms with Crippen LogP contribution in [0.4, 0.5) is 18.9 Å². The molecular formula is C23H16ClF3N4O4. The highest BCUT2D eigenvalue weighted by Crippen LogP contribution is 2.49. The van der Waals surface area contributed by atoms with Gasteiger partial charge in [-0.25, -0.2) is 14.2 Å². The zero-order valence-corrected chi connectivity index (χ0v) is 18.5. The van der Waals surface area contributed by atoms with Crippen molar-refractivity contribution in [3.05, 3.63) is 80.6 Å². The molecule has 2 atom stereocenters. The summed E-state index contributed by atoms with van der Waals surface area (Å²) in [6.45, 7) is 6.90. The maximum Gasteiger partial charge on any atom is 0.407 e. The largest absolute Gasteiger partial charge is 0.493 e. The zero-order chi connectivity index (χ0) is 25.1. The fraction of sp³-hybridized carbons (Fsp3) is 0.261. The van der Waals surface area contributed by atoms with E-state index < -0.39 is 41.1 Å². The summed E-state index contributed by atoms with van der Waals surface area (Å²) >= 11 is 5.84. The van der Waals surface area contributed by atoms with E-state index in [0.29, 0.717) is 23.3 Å². The number of likely N-dealkylation sites (tertiary alicyclic amines) is 1. The minimum atomic E-state index is -4.82. The van der Waals surface area contributed by atoms with E-state index in [1.807, 2.05) is 0 Å². The van der Waals surface area contributed by atoms with Gasteiger partial charge in [0.1, 0.15) is 11.4 Å². The van der Waals surface area contributed by atoms with E-state index in [4.69, 9.17) is 22.9 Å². The quantitative estimate of drug-likeness (QED) is 0.531. The van der Waals surface area contributed by atoms with E-state index in [1.165, 1.54) is 15.5 Å². The fourth-order valence-corrected chi connectivity index (χ4v) is 4.83. The topological polar surface area (TPSA) is 81.1 Å². The summed E-state index contributed by atoms with van der Waals surface area (Å²) in [5.41, 5.74) is -2.59. The van der Waals surface area contributed by atoms with Crippen LogP contribution in [0, 0.1) is 6.57 Å². The van der Waals surface area contributed by atoms with Gasteiger partial charge in [-0.1, -0.05) is 17.7 Å². The Hall–Kier alpha value is -3.91. The van der Waals surface area contributed by atoms with Crippen LogP contribution in [0.2, 0.25) is 5.02 Å². The number of aromatic nitrogens is 2. The third-order valence-electron chi connectivity index (χ3n) is 6.22. The van der Waals surface area contributed by atoms with Crippen LogP contribution in [-0.2, 0) is 11.0 Å². The molecule has 1 saturated heterocycles. The number of hydrogen-bond donors (Lipinski definition) is 1. The Balaban J connectivity index is 1.45. The Morgan fingerprint density at radius 2 is 1.94 bits per heavy atom. The van der Waals surface area contributed by atoms with Crippen LogP contribution in [0.15, 0.2) is 47.3 Å². The smallest absolute Gasteiger partial charge is 0.407 e. The number of halogens is 4. The molecule has 3 heterocycles. The number of alkyl halides is 3. The number of nitrogens with zero attached hydrogens (tertiary/aromatic N) is 4.